The van der Waals surface area contributed by atoms with E-state index in [0.717, 1.165) is 8.17 Å². The van der Waals surface area contributed by atoms with Gasteiger partial charge >= 0.3 is 0 Å². The number of hydrogen-bond donors (Lipinski definition) is 0. The van der Waals surface area contributed by atoms with Gasteiger partial charge in [0, 0.05) is 13.2 Å². The van der Waals surface area contributed by atoms with Crippen LogP contribution in [0.4, 0.5) is 0 Å². The second-order valence-corrected chi connectivity index (χ2v) is 3.35. The second-order valence-electron chi connectivity index (χ2n) is 1.44. The first-order valence-electron chi connectivity index (χ1n) is 2.05. The number of halogens is 2. The Morgan fingerprint density at radius 3 is 2.62 bits per heavy atom. The molecule has 2 nitrogen and oxygen atoms in total. The van der Waals surface area contributed by atoms with Gasteiger partial charge in [-0.15, -0.1) is 0 Å². The van der Waals surface area contributed by atoms with Gasteiger partial charge in [-0.3, -0.25) is 4.68 Å². The number of aromatic nitrogens is 2. The molecule has 4 heteroatoms. The van der Waals surface area contributed by atoms with E-state index in [1.165, 1.54) is 0 Å². The molecule has 1 rings (SSSR count). The van der Waals surface area contributed by atoms with E-state index in [0.29, 0.717) is 0 Å². The van der Waals surface area contributed by atoms with Gasteiger partial charge in [-0.05, 0) is 38.5 Å². The van der Waals surface area contributed by atoms with E-state index in [-0.39, 0.29) is 0 Å². The minimum Gasteiger partial charge on any atom is -0.274 e. The third-order valence-electron chi connectivity index (χ3n) is 0.743. The lowest BCUT2D eigenvalue weighted by Gasteiger charge is -1.78. The smallest absolute Gasteiger partial charge is 0.141 e. The van der Waals surface area contributed by atoms with Gasteiger partial charge in [0.2, 0.25) is 0 Å². The van der Waals surface area contributed by atoms with Crippen LogP contribution in [0.15, 0.2) is 10.8 Å². The molecule has 0 amide bonds. The molecule has 1 heterocycles. The summed E-state index contributed by atoms with van der Waals surface area (Å²) in [6.45, 7) is 0. The van der Waals surface area contributed by atoms with Crippen LogP contribution in [0, 0.1) is 3.57 Å². The Hall–Kier alpha value is 0.420. The van der Waals surface area contributed by atoms with Crippen molar-refractivity contribution in [1.82, 2.24) is 9.78 Å². The Balaban J connectivity index is 3.14. The third-order valence-corrected chi connectivity index (χ3v) is 2.86. The van der Waals surface area contributed by atoms with Crippen molar-refractivity contribution in [3.63, 3.8) is 0 Å². The van der Waals surface area contributed by atoms with Crippen LogP contribution in [0.3, 0.4) is 0 Å². The van der Waals surface area contributed by atoms with E-state index in [1.807, 2.05) is 13.2 Å². The largest absolute Gasteiger partial charge is 0.274 e. The van der Waals surface area contributed by atoms with Gasteiger partial charge in [0.15, 0.2) is 0 Å². The zero-order valence-electron chi connectivity index (χ0n) is 4.23. The first kappa shape index (κ1) is 6.54. The molecule has 0 aromatic carbocycles. The van der Waals surface area contributed by atoms with Crippen LogP contribution in [0.2, 0.25) is 0 Å². The van der Waals surface area contributed by atoms with Crippen LogP contribution >= 0.6 is 38.5 Å². The lowest BCUT2D eigenvalue weighted by molar-refractivity contribution is 0.760. The number of rotatable bonds is 0. The van der Waals surface area contributed by atoms with E-state index in [1.54, 1.807) is 4.68 Å². The summed E-state index contributed by atoms with van der Waals surface area (Å²) < 4.78 is 3.83. The lowest BCUT2D eigenvalue weighted by atomic mass is 10.8. The van der Waals surface area contributed by atoms with Gasteiger partial charge in [-0.25, -0.2) is 0 Å². The summed E-state index contributed by atoms with van der Waals surface area (Å²) in [5, 5.41) is 4.04. The van der Waals surface area contributed by atoms with Crippen LogP contribution in [0.5, 0.6) is 0 Å². The monoisotopic (exact) mass is 286 g/mol. The van der Waals surface area contributed by atoms with Crippen molar-refractivity contribution in [3.8, 4) is 0 Å². The Morgan fingerprint density at radius 2 is 2.50 bits per heavy atom. The molecule has 0 aliphatic carbocycles. The molecule has 8 heavy (non-hydrogen) atoms. The Kier molecular flexibility index (Phi) is 1.92. The van der Waals surface area contributed by atoms with Gasteiger partial charge in [0.25, 0.3) is 0 Å². The van der Waals surface area contributed by atoms with Crippen LogP contribution in [0.1, 0.15) is 0 Å². The predicted molar refractivity (Wildman–Crippen MR) is 43.6 cm³/mol. The summed E-state index contributed by atoms with van der Waals surface area (Å²) in [4.78, 5) is 0. The first-order chi connectivity index (χ1) is 3.70. The van der Waals surface area contributed by atoms with Gasteiger partial charge in [-0.1, -0.05) is 0 Å². The van der Waals surface area contributed by atoms with Crippen LogP contribution < -0.4 is 0 Å². The Labute approximate surface area is 69.5 Å². The molecule has 0 N–H and O–H groups in total. The number of hydrogen-bond acceptors (Lipinski definition) is 1. The Morgan fingerprint density at radius 1 is 1.88 bits per heavy atom. The average molecular weight is 287 g/mol. The Bertz CT molecular complexity index is 176. The summed E-state index contributed by atoms with van der Waals surface area (Å²) in [6, 6.07) is 0. The summed E-state index contributed by atoms with van der Waals surface area (Å²) >= 11 is 5.49. The third kappa shape index (κ3) is 1.22. The van der Waals surface area contributed by atoms with Crippen LogP contribution in [-0.2, 0) is 7.05 Å². The molecule has 0 aliphatic heterocycles. The second kappa shape index (κ2) is 2.34. The van der Waals surface area contributed by atoms with Gasteiger partial charge < -0.3 is 0 Å². The van der Waals surface area contributed by atoms with Gasteiger partial charge in [0.05, 0.1) is 3.57 Å². The molecule has 0 saturated heterocycles. The fourth-order valence-corrected chi connectivity index (χ4v) is 1.30. The maximum Gasteiger partial charge on any atom is 0.141 e. The summed E-state index contributed by atoms with van der Waals surface area (Å²) in [5.41, 5.74) is 0. The maximum atomic E-state index is 4.04. The van der Waals surface area contributed by atoms with Crippen LogP contribution in [-0.4, -0.2) is 9.78 Å². The average Bonchev–Trinajstić information content (AvgIpc) is 1.85. The molecule has 0 spiro atoms. The molecule has 0 saturated carbocycles. The molecule has 0 aliphatic rings. The fraction of sp³-hybridized carbons (Fsp3) is 0.250. The number of aryl methyl sites for hydroxylation is 1. The molecule has 44 valence electrons. The van der Waals surface area contributed by atoms with E-state index < -0.39 is 0 Å². The van der Waals surface area contributed by atoms with Crippen LogP contribution in [0.25, 0.3) is 0 Å². The highest BCUT2D eigenvalue weighted by molar-refractivity contribution is 14.1. The molecule has 1 aromatic rings. The molecule has 1 aromatic heterocycles. The minimum absolute atomic E-state index is 0.917. The highest BCUT2D eigenvalue weighted by atomic mass is 127. The molecule has 0 radical (unpaired) electrons. The van der Waals surface area contributed by atoms with E-state index in [9.17, 15) is 0 Å². The van der Waals surface area contributed by atoms with Crippen molar-refractivity contribution in [2.24, 2.45) is 7.05 Å². The summed E-state index contributed by atoms with van der Waals surface area (Å²) in [6.07, 6.45) is 1.95. The molecule has 0 atom stereocenters. The van der Waals surface area contributed by atoms with Crippen molar-refractivity contribution >= 4 is 38.5 Å². The van der Waals surface area contributed by atoms with Crippen molar-refractivity contribution in [3.05, 3.63) is 14.4 Å². The van der Waals surface area contributed by atoms with E-state index >= 15 is 0 Å². The van der Waals surface area contributed by atoms with Crippen molar-refractivity contribution in [2.45, 2.75) is 0 Å². The predicted octanol–water partition coefficient (Wildman–Crippen LogP) is 1.79. The summed E-state index contributed by atoms with van der Waals surface area (Å²) in [5.74, 6) is 0. The fourth-order valence-electron chi connectivity index (χ4n) is 0.432. The number of nitrogens with zero attached hydrogens (tertiary/aromatic N) is 2. The molecule has 0 unspecified atom stereocenters. The highest BCUT2D eigenvalue weighted by Crippen LogP contribution is 2.14. The summed E-state index contributed by atoms with van der Waals surface area (Å²) in [7, 11) is 1.90. The van der Waals surface area contributed by atoms with Crippen molar-refractivity contribution in [2.75, 3.05) is 0 Å². The van der Waals surface area contributed by atoms with Crippen molar-refractivity contribution in [1.29, 1.82) is 0 Å². The molecule has 0 bridgehead atoms. The quantitative estimate of drug-likeness (QED) is 0.665. The first-order valence-corrected chi connectivity index (χ1v) is 3.92. The zero-order chi connectivity index (χ0) is 6.15. The highest BCUT2D eigenvalue weighted by Gasteiger charge is 1.96. The lowest BCUT2D eigenvalue weighted by Crippen LogP contribution is -1.84. The molecule has 0 fully saturated rings. The minimum atomic E-state index is 0.917. The van der Waals surface area contributed by atoms with E-state index in [4.69, 9.17) is 0 Å². The topological polar surface area (TPSA) is 17.8 Å². The normalized spacial score (nSPS) is 9.88. The molecular weight excluding hydrogens is 283 g/mol. The zero-order valence-corrected chi connectivity index (χ0v) is 7.97. The van der Waals surface area contributed by atoms with E-state index in [2.05, 4.69) is 43.6 Å². The van der Waals surface area contributed by atoms with Crippen molar-refractivity contribution < 1.29 is 0 Å². The molecular formula is C4H4BrIN2. The standard InChI is InChI=1S/C4H4BrIN2/c1-8-2-3(6)4(5)7-8/h2H,1H3. The SMILES string of the molecule is Cn1cc(I)c(Br)n1. The van der Waals surface area contributed by atoms with Gasteiger partial charge in [0.1, 0.15) is 4.60 Å². The maximum absolute atomic E-state index is 4.04. The van der Waals surface area contributed by atoms with Gasteiger partial charge in [-0.2, -0.15) is 5.10 Å².